The Balaban J connectivity index is 1.67. The number of ether oxygens (including phenoxy) is 2. The van der Waals surface area contributed by atoms with Crippen molar-refractivity contribution < 1.29 is 23.6 Å². The fourth-order valence-corrected chi connectivity index (χ4v) is 2.54. The summed E-state index contributed by atoms with van der Waals surface area (Å²) >= 11 is 5.98. The summed E-state index contributed by atoms with van der Waals surface area (Å²) in [5.41, 5.74) is -0.0749. The van der Waals surface area contributed by atoms with E-state index in [1.165, 1.54) is 31.4 Å². The van der Waals surface area contributed by atoms with E-state index in [4.69, 9.17) is 25.5 Å². The van der Waals surface area contributed by atoms with E-state index in [1.54, 1.807) is 18.2 Å². The van der Waals surface area contributed by atoms with Crippen molar-refractivity contribution in [3.8, 4) is 11.5 Å². The SMILES string of the molecule is COc1ccccc1OCc1ccc(C(=O)Nc2cc([N+](=O)[O-])ccc2Cl)o1. The summed E-state index contributed by atoms with van der Waals surface area (Å²) in [4.78, 5) is 22.6. The Labute approximate surface area is 164 Å². The average molecular weight is 403 g/mol. The number of carbonyl (C=O) groups is 1. The van der Waals surface area contributed by atoms with Gasteiger partial charge in [-0.25, -0.2) is 0 Å². The number of non-ortho nitro benzene ring substituents is 1. The van der Waals surface area contributed by atoms with Gasteiger partial charge in [-0.3, -0.25) is 14.9 Å². The topological polar surface area (TPSA) is 104 Å². The van der Waals surface area contributed by atoms with Gasteiger partial charge in [0.05, 0.1) is 22.7 Å². The molecule has 1 aromatic heterocycles. The zero-order valence-electron chi connectivity index (χ0n) is 14.7. The third-order valence-corrected chi connectivity index (χ3v) is 4.06. The van der Waals surface area contributed by atoms with E-state index < -0.39 is 10.8 Å². The Morgan fingerprint density at radius 1 is 1.18 bits per heavy atom. The first-order chi connectivity index (χ1) is 13.5. The normalized spacial score (nSPS) is 10.4. The molecule has 0 aliphatic heterocycles. The lowest BCUT2D eigenvalue weighted by Gasteiger charge is -2.09. The number of anilines is 1. The molecule has 0 aliphatic rings. The standard InChI is InChI=1S/C19H15ClN2O6/c1-26-16-4-2-3-5-17(16)27-11-13-7-9-18(28-13)19(23)21-15-10-12(22(24)25)6-8-14(15)20/h2-10H,11H2,1H3,(H,21,23). The number of hydrogen-bond acceptors (Lipinski definition) is 6. The van der Waals surface area contributed by atoms with Gasteiger partial charge < -0.3 is 19.2 Å². The summed E-state index contributed by atoms with van der Waals surface area (Å²) in [7, 11) is 1.54. The van der Waals surface area contributed by atoms with Crippen LogP contribution < -0.4 is 14.8 Å². The molecule has 1 amide bonds. The van der Waals surface area contributed by atoms with Crippen LogP contribution in [-0.2, 0) is 6.61 Å². The maximum Gasteiger partial charge on any atom is 0.291 e. The maximum absolute atomic E-state index is 12.3. The molecule has 3 rings (SSSR count). The molecular formula is C19H15ClN2O6. The molecule has 144 valence electrons. The third kappa shape index (κ3) is 4.41. The Bertz CT molecular complexity index is 1020. The Morgan fingerprint density at radius 2 is 1.93 bits per heavy atom. The van der Waals surface area contributed by atoms with Gasteiger partial charge in [0.25, 0.3) is 11.6 Å². The van der Waals surface area contributed by atoms with Crippen LogP contribution >= 0.6 is 11.6 Å². The van der Waals surface area contributed by atoms with Crippen LogP contribution in [0.1, 0.15) is 16.3 Å². The van der Waals surface area contributed by atoms with Crippen molar-refractivity contribution in [3.05, 3.63) is 81.3 Å². The third-order valence-electron chi connectivity index (χ3n) is 3.73. The highest BCUT2D eigenvalue weighted by molar-refractivity contribution is 6.34. The summed E-state index contributed by atoms with van der Waals surface area (Å²) in [6.07, 6.45) is 0. The van der Waals surface area contributed by atoms with Crippen LogP contribution in [0.2, 0.25) is 5.02 Å². The fourth-order valence-electron chi connectivity index (χ4n) is 2.37. The van der Waals surface area contributed by atoms with Crippen LogP contribution in [0.5, 0.6) is 11.5 Å². The lowest BCUT2D eigenvalue weighted by molar-refractivity contribution is -0.384. The smallest absolute Gasteiger partial charge is 0.291 e. The molecule has 0 saturated carbocycles. The number of carbonyl (C=O) groups excluding carboxylic acids is 1. The summed E-state index contributed by atoms with van der Waals surface area (Å²) < 4.78 is 16.3. The molecule has 1 N–H and O–H groups in total. The summed E-state index contributed by atoms with van der Waals surface area (Å²) in [5, 5.41) is 13.5. The first-order valence-electron chi connectivity index (χ1n) is 8.07. The number of nitro benzene ring substituents is 1. The fraction of sp³-hybridized carbons (Fsp3) is 0.105. The number of para-hydroxylation sites is 2. The van der Waals surface area contributed by atoms with Gasteiger partial charge in [0, 0.05) is 12.1 Å². The molecular weight excluding hydrogens is 388 g/mol. The van der Waals surface area contributed by atoms with Crippen molar-refractivity contribution in [2.24, 2.45) is 0 Å². The van der Waals surface area contributed by atoms with E-state index in [1.807, 2.05) is 12.1 Å². The van der Waals surface area contributed by atoms with Gasteiger partial charge in [-0.15, -0.1) is 0 Å². The lowest BCUT2D eigenvalue weighted by Crippen LogP contribution is -2.11. The van der Waals surface area contributed by atoms with Crippen molar-refractivity contribution in [2.45, 2.75) is 6.61 Å². The molecule has 0 unspecified atom stereocenters. The van der Waals surface area contributed by atoms with Gasteiger partial charge in [0.2, 0.25) is 0 Å². The molecule has 0 saturated heterocycles. The van der Waals surface area contributed by atoms with E-state index >= 15 is 0 Å². The minimum Gasteiger partial charge on any atom is -0.493 e. The first-order valence-corrected chi connectivity index (χ1v) is 8.45. The summed E-state index contributed by atoms with van der Waals surface area (Å²) in [6, 6.07) is 14.0. The number of furan rings is 1. The zero-order valence-corrected chi connectivity index (χ0v) is 15.4. The molecule has 3 aromatic rings. The maximum atomic E-state index is 12.3. The number of nitrogens with zero attached hydrogens (tertiary/aromatic N) is 1. The molecule has 1 heterocycles. The molecule has 0 atom stereocenters. The van der Waals surface area contributed by atoms with Crippen molar-refractivity contribution >= 4 is 28.9 Å². The number of halogens is 1. The zero-order chi connectivity index (χ0) is 20.1. The number of nitro groups is 1. The molecule has 2 aromatic carbocycles. The Morgan fingerprint density at radius 3 is 2.64 bits per heavy atom. The van der Waals surface area contributed by atoms with Crippen molar-refractivity contribution in [1.29, 1.82) is 0 Å². The molecule has 8 nitrogen and oxygen atoms in total. The number of amides is 1. The molecule has 0 spiro atoms. The van der Waals surface area contributed by atoms with Crippen molar-refractivity contribution in [1.82, 2.24) is 0 Å². The van der Waals surface area contributed by atoms with Gasteiger partial charge in [0.15, 0.2) is 17.3 Å². The van der Waals surface area contributed by atoms with Crippen LogP contribution in [-0.4, -0.2) is 17.9 Å². The highest BCUT2D eigenvalue weighted by atomic mass is 35.5. The highest BCUT2D eigenvalue weighted by Crippen LogP contribution is 2.28. The second-order valence-electron chi connectivity index (χ2n) is 5.58. The van der Waals surface area contributed by atoms with Gasteiger partial charge >= 0.3 is 0 Å². The van der Waals surface area contributed by atoms with Crippen LogP contribution in [0.25, 0.3) is 0 Å². The molecule has 0 radical (unpaired) electrons. The van der Waals surface area contributed by atoms with E-state index in [0.717, 1.165) is 0 Å². The van der Waals surface area contributed by atoms with Crippen LogP contribution in [0.3, 0.4) is 0 Å². The van der Waals surface area contributed by atoms with Crippen molar-refractivity contribution in [3.63, 3.8) is 0 Å². The first kappa shape index (κ1) is 19.2. The quantitative estimate of drug-likeness (QED) is 0.454. The summed E-state index contributed by atoms with van der Waals surface area (Å²) in [5.74, 6) is 0.955. The minimum atomic E-state index is -0.592. The predicted molar refractivity (Wildman–Crippen MR) is 102 cm³/mol. The Hall–Kier alpha value is -3.52. The van der Waals surface area contributed by atoms with Crippen LogP contribution in [0.15, 0.2) is 59.0 Å². The van der Waals surface area contributed by atoms with Gasteiger partial charge in [-0.05, 0) is 30.3 Å². The van der Waals surface area contributed by atoms with Gasteiger partial charge in [-0.2, -0.15) is 0 Å². The second kappa shape index (κ2) is 8.45. The minimum absolute atomic E-state index is 0.0150. The van der Waals surface area contributed by atoms with E-state index in [2.05, 4.69) is 5.32 Å². The van der Waals surface area contributed by atoms with E-state index in [-0.39, 0.29) is 28.8 Å². The molecule has 0 aliphatic carbocycles. The number of rotatable bonds is 7. The number of methoxy groups -OCH3 is 1. The van der Waals surface area contributed by atoms with Gasteiger partial charge in [-0.1, -0.05) is 23.7 Å². The van der Waals surface area contributed by atoms with Crippen LogP contribution in [0, 0.1) is 10.1 Å². The lowest BCUT2D eigenvalue weighted by atomic mass is 10.2. The molecule has 28 heavy (non-hydrogen) atoms. The Kier molecular flexibility index (Phi) is 5.81. The molecule has 0 bridgehead atoms. The van der Waals surface area contributed by atoms with Gasteiger partial charge in [0.1, 0.15) is 12.4 Å². The summed E-state index contributed by atoms with van der Waals surface area (Å²) in [6.45, 7) is 0.0885. The second-order valence-corrected chi connectivity index (χ2v) is 5.99. The van der Waals surface area contributed by atoms with E-state index in [9.17, 15) is 14.9 Å². The number of nitrogens with one attached hydrogen (secondary N) is 1. The molecule has 9 heteroatoms. The highest BCUT2D eigenvalue weighted by Gasteiger charge is 2.16. The number of benzene rings is 2. The monoisotopic (exact) mass is 402 g/mol. The predicted octanol–water partition coefficient (Wildman–Crippen LogP) is 4.68. The van der Waals surface area contributed by atoms with Crippen LogP contribution in [0.4, 0.5) is 11.4 Å². The molecule has 0 fully saturated rings. The largest absolute Gasteiger partial charge is 0.493 e. The van der Waals surface area contributed by atoms with Crippen molar-refractivity contribution in [2.75, 3.05) is 12.4 Å². The number of hydrogen-bond donors (Lipinski definition) is 1. The average Bonchev–Trinajstić information content (AvgIpc) is 3.17. The van der Waals surface area contributed by atoms with E-state index in [0.29, 0.717) is 17.3 Å².